The molecule has 0 radical (unpaired) electrons. The first-order valence-corrected chi connectivity index (χ1v) is 8.95. The first-order valence-electron chi connectivity index (χ1n) is 7.90. The number of aliphatic carboxylic acids is 2. The van der Waals surface area contributed by atoms with Gasteiger partial charge in [-0.1, -0.05) is 13.8 Å². The van der Waals surface area contributed by atoms with Gasteiger partial charge in [-0.15, -0.1) is 11.8 Å². The van der Waals surface area contributed by atoms with Crippen LogP contribution in [0, 0.1) is 5.41 Å². The van der Waals surface area contributed by atoms with E-state index in [1.54, 1.807) is 0 Å². The maximum absolute atomic E-state index is 11.7. The quantitative estimate of drug-likeness (QED) is 0.206. The molecule has 26 heavy (non-hydrogen) atoms. The Hall–Kier alpha value is -1.85. The summed E-state index contributed by atoms with van der Waals surface area (Å²) in [4.78, 5) is 44.7. The lowest BCUT2D eigenvalue weighted by atomic mass is 9.87. The second-order valence-electron chi connectivity index (χ2n) is 6.24. The number of carbonyl (C=O) groups is 4. The number of thioether (sulfide) groups is 1. The van der Waals surface area contributed by atoms with E-state index in [-0.39, 0.29) is 37.8 Å². The summed E-state index contributed by atoms with van der Waals surface area (Å²) in [5.41, 5.74) is -1.000. The topological polar surface area (TPSA) is 173 Å². The molecule has 0 aliphatic carbocycles. The number of aliphatic hydroxyl groups excluding tert-OH is 2. The van der Waals surface area contributed by atoms with Crippen LogP contribution >= 0.6 is 11.8 Å². The molecule has 1 unspecified atom stereocenters. The van der Waals surface area contributed by atoms with Gasteiger partial charge in [0.05, 0.1) is 13.0 Å². The van der Waals surface area contributed by atoms with E-state index in [4.69, 9.17) is 15.3 Å². The Morgan fingerprint density at radius 2 is 1.69 bits per heavy atom. The third kappa shape index (κ3) is 9.59. The van der Waals surface area contributed by atoms with Gasteiger partial charge in [0.2, 0.25) is 11.8 Å². The minimum atomic E-state index is -1.41. The van der Waals surface area contributed by atoms with Gasteiger partial charge in [0.25, 0.3) is 0 Å². The number of carboxylic acid groups (broad SMARTS) is 2. The molecule has 2 amide bonds. The Morgan fingerprint density at radius 1 is 1.08 bits per heavy atom. The zero-order valence-electron chi connectivity index (χ0n) is 14.7. The van der Waals surface area contributed by atoms with Crippen LogP contribution in [-0.2, 0) is 19.2 Å². The summed E-state index contributed by atoms with van der Waals surface area (Å²) < 4.78 is 0. The lowest BCUT2D eigenvalue weighted by molar-refractivity contribution is -0.142. The van der Waals surface area contributed by atoms with Crippen LogP contribution in [0.3, 0.4) is 0 Å². The van der Waals surface area contributed by atoms with Crippen LogP contribution < -0.4 is 10.6 Å². The van der Waals surface area contributed by atoms with Crippen molar-refractivity contribution in [2.24, 2.45) is 5.41 Å². The van der Waals surface area contributed by atoms with Crippen molar-refractivity contribution in [3.8, 4) is 0 Å². The average molecular weight is 394 g/mol. The number of amides is 2. The molecule has 0 heterocycles. The second kappa shape index (κ2) is 11.7. The Bertz CT molecular complexity index is 512. The highest BCUT2D eigenvalue weighted by Gasteiger charge is 2.32. The van der Waals surface area contributed by atoms with Gasteiger partial charge in [0, 0.05) is 30.7 Å². The zero-order valence-corrected chi connectivity index (χ0v) is 15.5. The molecular formula is C15H26N2O8S. The van der Waals surface area contributed by atoms with Crippen molar-refractivity contribution in [1.29, 1.82) is 0 Å². The molecule has 0 aromatic heterocycles. The van der Waals surface area contributed by atoms with E-state index in [1.807, 2.05) is 0 Å². The molecule has 0 saturated carbocycles. The highest BCUT2D eigenvalue weighted by atomic mass is 32.2. The molecule has 0 aromatic carbocycles. The van der Waals surface area contributed by atoms with E-state index in [2.05, 4.69) is 10.6 Å². The van der Waals surface area contributed by atoms with E-state index in [0.717, 1.165) is 11.8 Å². The monoisotopic (exact) mass is 394 g/mol. The van der Waals surface area contributed by atoms with Crippen LogP contribution in [0.5, 0.6) is 0 Å². The summed E-state index contributed by atoms with van der Waals surface area (Å²) in [5.74, 6) is -3.28. The van der Waals surface area contributed by atoms with Crippen molar-refractivity contribution in [1.82, 2.24) is 10.6 Å². The molecule has 0 spiro atoms. The summed E-state index contributed by atoms with van der Waals surface area (Å²) >= 11 is 0.916. The summed E-state index contributed by atoms with van der Waals surface area (Å²) in [7, 11) is 0. The van der Waals surface area contributed by atoms with Gasteiger partial charge in [0.1, 0.15) is 11.4 Å². The van der Waals surface area contributed by atoms with Gasteiger partial charge in [-0.05, 0) is 0 Å². The minimum Gasteiger partial charge on any atom is -0.481 e. The molecule has 0 aromatic rings. The number of carbonyl (C=O) groups excluding carboxylic acids is 2. The van der Waals surface area contributed by atoms with Crippen LogP contribution in [0.4, 0.5) is 0 Å². The van der Waals surface area contributed by atoms with Crippen LogP contribution in [0.25, 0.3) is 0 Å². The number of rotatable bonds is 13. The lowest BCUT2D eigenvalue weighted by Gasteiger charge is -2.27. The van der Waals surface area contributed by atoms with Crippen molar-refractivity contribution in [3.05, 3.63) is 0 Å². The Labute approximate surface area is 155 Å². The first kappa shape index (κ1) is 24.1. The molecular weight excluding hydrogens is 368 g/mol. The van der Waals surface area contributed by atoms with Crippen molar-refractivity contribution < 1.29 is 39.6 Å². The highest BCUT2D eigenvalue weighted by molar-refractivity contribution is 8.00. The number of nitrogens with one attached hydrogen (secondary N) is 2. The Morgan fingerprint density at radius 3 is 2.19 bits per heavy atom. The predicted octanol–water partition coefficient (Wildman–Crippen LogP) is -1.35. The van der Waals surface area contributed by atoms with Gasteiger partial charge in [-0.2, -0.15) is 0 Å². The van der Waals surface area contributed by atoms with Gasteiger partial charge in [0.15, 0.2) is 0 Å². The van der Waals surface area contributed by atoms with Crippen LogP contribution in [0.15, 0.2) is 0 Å². The minimum absolute atomic E-state index is 0.00680. The molecule has 0 aliphatic rings. The number of carboxylic acids is 2. The molecule has 0 bridgehead atoms. The standard InChI is InChI=1S/C15H26N2O8S/c1-15(2,8-18)12(22)13(23)17-4-3-10(19)16-5-6-26-9(14(24)25)7-11(20)21/h9,12,18,22H,3-8H2,1-2H3,(H,16,19)(H,17,23)(H,20,21)(H,24,25)/t9?,12-/m0/s1. The first-order chi connectivity index (χ1) is 12.0. The number of hydrogen-bond acceptors (Lipinski definition) is 7. The van der Waals surface area contributed by atoms with E-state index in [1.165, 1.54) is 13.8 Å². The number of hydrogen-bond donors (Lipinski definition) is 6. The van der Waals surface area contributed by atoms with Crippen molar-refractivity contribution in [2.45, 2.75) is 38.0 Å². The van der Waals surface area contributed by atoms with E-state index in [9.17, 15) is 24.3 Å². The molecule has 0 aliphatic heterocycles. The fourth-order valence-electron chi connectivity index (χ4n) is 1.69. The van der Waals surface area contributed by atoms with Crippen LogP contribution in [0.1, 0.15) is 26.7 Å². The van der Waals surface area contributed by atoms with Gasteiger partial charge < -0.3 is 31.1 Å². The Balaban J connectivity index is 4.02. The Kier molecular flexibility index (Phi) is 10.9. The number of aliphatic hydroxyl groups is 2. The van der Waals surface area contributed by atoms with Crippen molar-refractivity contribution in [3.63, 3.8) is 0 Å². The molecule has 10 nitrogen and oxygen atoms in total. The maximum atomic E-state index is 11.7. The SMILES string of the molecule is CC(C)(CO)[C@@H](O)C(=O)NCCC(=O)NCCSC(CC(=O)O)C(=O)O. The second-order valence-corrected chi connectivity index (χ2v) is 7.55. The van der Waals surface area contributed by atoms with Crippen LogP contribution in [0.2, 0.25) is 0 Å². The van der Waals surface area contributed by atoms with E-state index < -0.39 is 41.0 Å². The van der Waals surface area contributed by atoms with Gasteiger partial charge in [-0.25, -0.2) is 0 Å². The molecule has 11 heteroatoms. The normalized spacial score (nSPS) is 13.5. The molecule has 150 valence electrons. The van der Waals surface area contributed by atoms with Crippen molar-refractivity contribution >= 4 is 35.5 Å². The summed E-state index contributed by atoms with van der Waals surface area (Å²) in [5, 5.41) is 40.2. The molecule has 0 rings (SSSR count). The fraction of sp³-hybridized carbons (Fsp3) is 0.733. The van der Waals surface area contributed by atoms with Gasteiger partial charge >= 0.3 is 11.9 Å². The maximum Gasteiger partial charge on any atom is 0.317 e. The van der Waals surface area contributed by atoms with Crippen molar-refractivity contribution in [2.75, 3.05) is 25.4 Å². The lowest BCUT2D eigenvalue weighted by Crippen LogP contribution is -2.46. The summed E-state index contributed by atoms with van der Waals surface area (Å²) in [6.45, 7) is 2.82. The third-order valence-electron chi connectivity index (χ3n) is 3.43. The van der Waals surface area contributed by atoms with Crippen LogP contribution in [-0.4, -0.2) is 81.0 Å². The highest BCUT2D eigenvalue weighted by Crippen LogP contribution is 2.19. The zero-order chi connectivity index (χ0) is 20.3. The predicted molar refractivity (Wildman–Crippen MR) is 93.6 cm³/mol. The van der Waals surface area contributed by atoms with Gasteiger partial charge in [-0.3, -0.25) is 19.2 Å². The molecule has 0 fully saturated rings. The third-order valence-corrected chi connectivity index (χ3v) is 4.64. The average Bonchev–Trinajstić information content (AvgIpc) is 2.56. The summed E-state index contributed by atoms with van der Waals surface area (Å²) in [6, 6.07) is 0. The fourth-order valence-corrected chi connectivity index (χ4v) is 2.60. The molecule has 0 saturated heterocycles. The molecule has 2 atom stereocenters. The smallest absolute Gasteiger partial charge is 0.317 e. The van der Waals surface area contributed by atoms with E-state index >= 15 is 0 Å². The summed E-state index contributed by atoms with van der Waals surface area (Å²) in [6.07, 6.45) is -1.96. The molecule has 6 N–H and O–H groups in total. The van der Waals surface area contributed by atoms with E-state index in [0.29, 0.717) is 0 Å². The largest absolute Gasteiger partial charge is 0.481 e.